The Hall–Kier alpha value is -3.97. The number of hydrogen-bond donors (Lipinski definition) is 2. The number of carbonyl (C=O) groups excluding carboxylic acids is 1. The topological polar surface area (TPSA) is 81.1 Å². The number of ether oxygens (including phenoxy) is 1. The second-order valence-corrected chi connectivity index (χ2v) is 7.70. The normalized spacial score (nSPS) is 12.8. The summed E-state index contributed by atoms with van der Waals surface area (Å²) < 4.78 is 7.84. The van der Waals surface area contributed by atoms with E-state index in [0.717, 1.165) is 47.8 Å². The number of fused-ring (bicyclic) bond motifs is 1. The number of carbonyl (C=O) groups is 1. The van der Waals surface area contributed by atoms with Gasteiger partial charge in [0.15, 0.2) is 5.82 Å². The highest BCUT2D eigenvalue weighted by Crippen LogP contribution is 2.22. The summed E-state index contributed by atoms with van der Waals surface area (Å²) in [6.45, 7) is 2.27. The summed E-state index contributed by atoms with van der Waals surface area (Å²) in [5, 5.41) is 6.15. The zero-order valence-corrected chi connectivity index (χ0v) is 17.5. The fourth-order valence-corrected chi connectivity index (χ4v) is 3.71. The van der Waals surface area contributed by atoms with Gasteiger partial charge in [0, 0.05) is 25.5 Å². The Morgan fingerprint density at radius 1 is 1.06 bits per heavy atom. The molecule has 7 heteroatoms. The number of amides is 1. The van der Waals surface area contributed by atoms with Gasteiger partial charge in [-0.25, -0.2) is 4.98 Å². The minimum Gasteiger partial charge on any atom is -0.457 e. The number of pyridine rings is 1. The molecule has 3 heterocycles. The summed E-state index contributed by atoms with van der Waals surface area (Å²) in [6, 6.07) is 19.5. The van der Waals surface area contributed by atoms with Crippen LogP contribution in [-0.2, 0) is 19.5 Å². The van der Waals surface area contributed by atoms with E-state index in [0.29, 0.717) is 17.9 Å². The molecular formula is C25H23N5O2. The van der Waals surface area contributed by atoms with Crippen LogP contribution in [0, 0.1) is 0 Å². The molecule has 1 aliphatic rings. The summed E-state index contributed by atoms with van der Waals surface area (Å²) in [5.41, 5.74) is 3.75. The Morgan fingerprint density at radius 3 is 2.84 bits per heavy atom. The van der Waals surface area contributed by atoms with Gasteiger partial charge in [-0.2, -0.15) is 0 Å². The molecule has 2 N–H and O–H groups in total. The average molecular weight is 425 g/mol. The number of imidazole rings is 1. The molecule has 32 heavy (non-hydrogen) atoms. The predicted molar refractivity (Wildman–Crippen MR) is 122 cm³/mol. The van der Waals surface area contributed by atoms with Gasteiger partial charge in [-0.15, -0.1) is 0 Å². The summed E-state index contributed by atoms with van der Waals surface area (Å²) in [7, 11) is 0. The van der Waals surface area contributed by atoms with Gasteiger partial charge in [-0.3, -0.25) is 9.78 Å². The molecule has 0 unspecified atom stereocenters. The minimum atomic E-state index is -0.206. The Labute approximate surface area is 186 Å². The van der Waals surface area contributed by atoms with E-state index in [2.05, 4.69) is 20.6 Å². The van der Waals surface area contributed by atoms with E-state index < -0.39 is 0 Å². The van der Waals surface area contributed by atoms with Gasteiger partial charge in [0.2, 0.25) is 0 Å². The molecule has 5 rings (SSSR count). The number of rotatable bonds is 6. The molecule has 0 bridgehead atoms. The Bertz CT molecular complexity index is 1240. The number of hydrogen-bond acceptors (Lipinski definition) is 5. The van der Waals surface area contributed by atoms with Gasteiger partial charge >= 0.3 is 0 Å². The standard InChI is InChI=1S/C25H23N5O2/c31-25(20-12-19-9-10-26-14-23(19)27-13-20)29-24-16-30(17-28-24)15-18-5-4-8-22(11-18)32-21-6-2-1-3-7-21/h1-8,11-13,16-17,26H,9-10,14-15H2,(H,29,31). The van der Waals surface area contributed by atoms with Crippen molar-refractivity contribution < 1.29 is 9.53 Å². The van der Waals surface area contributed by atoms with Gasteiger partial charge in [0.05, 0.1) is 17.6 Å². The SMILES string of the molecule is O=C(Nc1cn(Cc2cccc(Oc3ccccc3)c2)cn1)c1cnc2c(c1)CCNC2. The lowest BCUT2D eigenvalue weighted by molar-refractivity contribution is 0.102. The Balaban J connectivity index is 1.23. The van der Waals surface area contributed by atoms with Gasteiger partial charge in [-0.05, 0) is 54.4 Å². The summed E-state index contributed by atoms with van der Waals surface area (Å²) in [6.07, 6.45) is 6.02. The molecule has 7 nitrogen and oxygen atoms in total. The van der Waals surface area contributed by atoms with E-state index in [9.17, 15) is 4.79 Å². The number of aromatic nitrogens is 3. The zero-order valence-electron chi connectivity index (χ0n) is 17.5. The van der Waals surface area contributed by atoms with Crippen molar-refractivity contribution in [2.45, 2.75) is 19.5 Å². The van der Waals surface area contributed by atoms with Crippen LogP contribution in [0.2, 0.25) is 0 Å². The van der Waals surface area contributed by atoms with E-state index in [1.807, 2.05) is 71.4 Å². The molecule has 2 aromatic carbocycles. The lowest BCUT2D eigenvalue weighted by Gasteiger charge is -2.16. The smallest absolute Gasteiger partial charge is 0.258 e. The van der Waals surface area contributed by atoms with E-state index in [-0.39, 0.29) is 5.91 Å². The number of para-hydroxylation sites is 1. The molecule has 160 valence electrons. The molecule has 0 saturated carbocycles. The molecule has 0 spiro atoms. The van der Waals surface area contributed by atoms with Gasteiger partial charge in [-0.1, -0.05) is 30.3 Å². The van der Waals surface area contributed by atoms with Gasteiger partial charge < -0.3 is 19.9 Å². The maximum absolute atomic E-state index is 12.7. The maximum atomic E-state index is 12.7. The van der Waals surface area contributed by atoms with Gasteiger partial charge in [0.1, 0.15) is 11.5 Å². The van der Waals surface area contributed by atoms with Crippen LogP contribution in [0.15, 0.2) is 79.4 Å². The third-order valence-corrected chi connectivity index (χ3v) is 5.30. The molecule has 1 amide bonds. The third kappa shape index (κ3) is 4.68. The number of nitrogens with zero attached hydrogens (tertiary/aromatic N) is 3. The van der Waals surface area contributed by atoms with Crippen LogP contribution in [-0.4, -0.2) is 27.0 Å². The van der Waals surface area contributed by atoms with Crippen molar-refractivity contribution in [2.75, 3.05) is 11.9 Å². The number of benzene rings is 2. The monoisotopic (exact) mass is 425 g/mol. The second kappa shape index (κ2) is 9.03. The molecule has 0 atom stereocenters. The quantitative estimate of drug-likeness (QED) is 0.488. The first-order chi connectivity index (χ1) is 15.7. The van der Waals surface area contributed by atoms with Crippen molar-refractivity contribution in [2.24, 2.45) is 0 Å². The highest BCUT2D eigenvalue weighted by Gasteiger charge is 2.14. The number of anilines is 1. The van der Waals surface area contributed by atoms with E-state index in [1.165, 1.54) is 0 Å². The van der Waals surface area contributed by atoms with Crippen LogP contribution in [0.5, 0.6) is 11.5 Å². The van der Waals surface area contributed by atoms with Crippen LogP contribution >= 0.6 is 0 Å². The predicted octanol–water partition coefficient (Wildman–Crippen LogP) is 4.02. The van der Waals surface area contributed by atoms with E-state index in [4.69, 9.17) is 4.74 Å². The molecule has 2 aromatic heterocycles. The third-order valence-electron chi connectivity index (χ3n) is 5.30. The largest absolute Gasteiger partial charge is 0.457 e. The van der Waals surface area contributed by atoms with Crippen LogP contribution in [0.4, 0.5) is 5.82 Å². The molecule has 1 aliphatic heterocycles. The number of nitrogens with one attached hydrogen (secondary N) is 2. The molecular weight excluding hydrogens is 402 g/mol. The average Bonchev–Trinajstić information content (AvgIpc) is 3.26. The van der Waals surface area contributed by atoms with Crippen molar-refractivity contribution in [3.05, 3.63) is 102 Å². The molecule has 0 aliphatic carbocycles. The van der Waals surface area contributed by atoms with Crippen LogP contribution in [0.25, 0.3) is 0 Å². The lowest BCUT2D eigenvalue weighted by Crippen LogP contribution is -2.25. The van der Waals surface area contributed by atoms with Crippen LogP contribution in [0.3, 0.4) is 0 Å². The fourth-order valence-electron chi connectivity index (χ4n) is 3.71. The van der Waals surface area contributed by atoms with Crippen molar-refractivity contribution in [3.63, 3.8) is 0 Å². The molecule has 0 fully saturated rings. The summed E-state index contributed by atoms with van der Waals surface area (Å²) in [5.74, 6) is 1.87. The maximum Gasteiger partial charge on any atom is 0.258 e. The second-order valence-electron chi connectivity index (χ2n) is 7.70. The summed E-state index contributed by atoms with van der Waals surface area (Å²) in [4.78, 5) is 21.4. The zero-order chi connectivity index (χ0) is 21.8. The summed E-state index contributed by atoms with van der Waals surface area (Å²) >= 11 is 0. The first kappa shape index (κ1) is 20.0. The first-order valence-electron chi connectivity index (χ1n) is 10.6. The lowest BCUT2D eigenvalue weighted by atomic mass is 10.0. The Morgan fingerprint density at radius 2 is 1.94 bits per heavy atom. The fraction of sp³-hybridized carbons (Fsp3) is 0.160. The highest BCUT2D eigenvalue weighted by atomic mass is 16.5. The van der Waals surface area contributed by atoms with Crippen molar-refractivity contribution in [3.8, 4) is 11.5 Å². The van der Waals surface area contributed by atoms with E-state index >= 15 is 0 Å². The minimum absolute atomic E-state index is 0.206. The van der Waals surface area contributed by atoms with Crippen LogP contribution < -0.4 is 15.4 Å². The van der Waals surface area contributed by atoms with E-state index in [1.54, 1.807) is 12.5 Å². The van der Waals surface area contributed by atoms with Crippen molar-refractivity contribution >= 4 is 11.7 Å². The first-order valence-corrected chi connectivity index (χ1v) is 10.6. The molecule has 0 saturated heterocycles. The molecule has 0 radical (unpaired) electrons. The van der Waals surface area contributed by atoms with Crippen molar-refractivity contribution in [1.82, 2.24) is 19.9 Å². The van der Waals surface area contributed by atoms with Gasteiger partial charge in [0.25, 0.3) is 5.91 Å². The Kier molecular flexibility index (Phi) is 5.63. The highest BCUT2D eigenvalue weighted by molar-refractivity contribution is 6.03. The van der Waals surface area contributed by atoms with Crippen LogP contribution in [0.1, 0.15) is 27.2 Å². The van der Waals surface area contributed by atoms with Crippen molar-refractivity contribution in [1.29, 1.82) is 0 Å². The molecule has 4 aromatic rings.